The Morgan fingerprint density at radius 1 is 1.03 bits per heavy atom. The van der Waals surface area contributed by atoms with E-state index in [2.05, 4.69) is 37.2 Å². The first-order chi connectivity index (χ1) is 15.3. The average molecular weight is 561 g/mol. The van der Waals surface area contributed by atoms with Crippen LogP contribution in [0.1, 0.15) is 33.8 Å². The zero-order valence-electron chi connectivity index (χ0n) is 16.7. The smallest absolute Gasteiger partial charge is 0.307 e. The van der Waals surface area contributed by atoms with Gasteiger partial charge in [0, 0.05) is 12.0 Å². The van der Waals surface area contributed by atoms with Gasteiger partial charge in [0.05, 0.1) is 20.9 Å². The van der Waals surface area contributed by atoms with Crippen molar-refractivity contribution in [1.82, 2.24) is 5.32 Å². The molecular weight excluding hydrogens is 542 g/mol. The number of amides is 1. The van der Waals surface area contributed by atoms with Crippen LogP contribution in [0.25, 0.3) is 0 Å². The molecule has 0 spiro atoms. The molecule has 3 N–H and O–H groups in total. The molecule has 0 heterocycles. The molecule has 2 unspecified atom stereocenters. The topological polar surface area (TPSA) is 95.9 Å². The summed E-state index contributed by atoms with van der Waals surface area (Å²) < 4.78 is 7.05. The minimum atomic E-state index is -0.933. The first kappa shape index (κ1) is 22.4. The van der Waals surface area contributed by atoms with Gasteiger partial charge in [-0.3, -0.25) is 9.59 Å². The molecule has 8 heteroatoms. The van der Waals surface area contributed by atoms with Crippen molar-refractivity contribution in [3.8, 4) is 17.2 Å². The van der Waals surface area contributed by atoms with E-state index in [1.165, 1.54) is 17.7 Å². The summed E-state index contributed by atoms with van der Waals surface area (Å²) in [5.41, 5.74) is 1.91. The van der Waals surface area contributed by atoms with E-state index in [1.54, 1.807) is 18.2 Å². The van der Waals surface area contributed by atoms with Gasteiger partial charge in [-0.05, 0) is 79.7 Å². The van der Waals surface area contributed by atoms with Crippen LogP contribution in [0.5, 0.6) is 17.2 Å². The lowest BCUT2D eigenvalue weighted by molar-refractivity contribution is -0.136. The molecule has 1 saturated carbocycles. The maximum absolute atomic E-state index is 12.8. The number of phenolic OH excluding ortho intramolecular Hbond substituents is 1. The van der Waals surface area contributed by atoms with Crippen molar-refractivity contribution in [2.75, 3.05) is 0 Å². The Balaban J connectivity index is 1.48. The first-order valence-corrected chi connectivity index (χ1v) is 11.5. The summed E-state index contributed by atoms with van der Waals surface area (Å²) in [7, 11) is 0. The monoisotopic (exact) mass is 559 g/mol. The second-order valence-corrected chi connectivity index (χ2v) is 9.28. The van der Waals surface area contributed by atoms with Crippen molar-refractivity contribution in [3.05, 3.63) is 86.3 Å². The number of ether oxygens (including phenoxy) is 1. The van der Waals surface area contributed by atoms with E-state index in [0.717, 1.165) is 6.42 Å². The Morgan fingerprint density at radius 2 is 1.72 bits per heavy atom. The molecule has 3 aromatic carbocycles. The molecule has 1 amide bonds. The van der Waals surface area contributed by atoms with Gasteiger partial charge in [0.1, 0.15) is 11.5 Å². The minimum absolute atomic E-state index is 0.0268. The number of hydrogen-bond acceptors (Lipinski definition) is 4. The minimum Gasteiger partial charge on any atom is -0.507 e. The van der Waals surface area contributed by atoms with Crippen LogP contribution in [0.2, 0.25) is 0 Å². The highest BCUT2D eigenvalue weighted by Crippen LogP contribution is 2.41. The highest BCUT2D eigenvalue weighted by Gasteiger charge is 2.39. The highest BCUT2D eigenvalue weighted by molar-refractivity contribution is 9.11. The number of benzene rings is 3. The molecule has 164 valence electrons. The number of aromatic hydroxyl groups is 1. The third-order valence-electron chi connectivity index (χ3n) is 5.18. The predicted molar refractivity (Wildman–Crippen MR) is 126 cm³/mol. The number of hydrogen-bond donors (Lipinski definition) is 3. The quantitative estimate of drug-likeness (QED) is 0.348. The zero-order chi connectivity index (χ0) is 22.8. The Kier molecular flexibility index (Phi) is 6.53. The Morgan fingerprint density at radius 3 is 2.38 bits per heavy atom. The molecule has 0 aromatic heterocycles. The van der Waals surface area contributed by atoms with E-state index in [0.29, 0.717) is 26.0 Å². The van der Waals surface area contributed by atoms with E-state index in [9.17, 15) is 14.7 Å². The molecule has 1 aliphatic carbocycles. The molecule has 4 rings (SSSR count). The normalized spacial score (nSPS) is 16.9. The summed E-state index contributed by atoms with van der Waals surface area (Å²) in [4.78, 5) is 23.7. The number of nitrogens with one attached hydrogen (secondary N) is 1. The number of carboxylic acid groups (broad SMARTS) is 1. The van der Waals surface area contributed by atoms with Gasteiger partial charge in [-0.1, -0.05) is 30.3 Å². The Labute approximate surface area is 201 Å². The lowest BCUT2D eigenvalue weighted by atomic mass is 10.1. The lowest BCUT2D eigenvalue weighted by Gasteiger charge is -2.13. The van der Waals surface area contributed by atoms with Crippen molar-refractivity contribution in [1.29, 1.82) is 0 Å². The molecule has 0 bridgehead atoms. The fraction of sp³-hybridized carbons (Fsp3) is 0.167. The maximum atomic E-state index is 12.8. The SMILES string of the molecule is O=C(O)Cc1cc(Br)c(Oc2ccc(O)c(C(=O)NC3CC3c3ccccc3)c2)c(Br)c1. The average Bonchev–Trinajstić information content (AvgIpc) is 3.51. The summed E-state index contributed by atoms with van der Waals surface area (Å²) in [6.07, 6.45) is 0.738. The number of carbonyl (C=O) groups excluding carboxylic acids is 1. The summed E-state index contributed by atoms with van der Waals surface area (Å²) >= 11 is 6.80. The Hall–Kier alpha value is -2.84. The summed E-state index contributed by atoms with van der Waals surface area (Å²) in [5, 5.41) is 22.2. The van der Waals surface area contributed by atoms with E-state index >= 15 is 0 Å². The zero-order valence-corrected chi connectivity index (χ0v) is 19.9. The van der Waals surface area contributed by atoms with Gasteiger partial charge >= 0.3 is 5.97 Å². The van der Waals surface area contributed by atoms with Crippen LogP contribution in [-0.4, -0.2) is 28.1 Å². The standard InChI is InChI=1S/C24H19Br2NO5/c25-18-8-13(10-22(29)30)9-19(26)23(18)32-15-6-7-21(28)17(11-15)24(31)27-20-12-16(20)14-4-2-1-3-5-14/h1-9,11,16,20,28H,10,12H2,(H,27,31)(H,29,30). The van der Waals surface area contributed by atoms with Gasteiger partial charge < -0.3 is 20.3 Å². The van der Waals surface area contributed by atoms with Crippen LogP contribution in [0.4, 0.5) is 0 Å². The number of phenols is 1. The number of halogens is 2. The van der Waals surface area contributed by atoms with Gasteiger partial charge in [-0.25, -0.2) is 0 Å². The van der Waals surface area contributed by atoms with E-state index in [-0.39, 0.29) is 35.6 Å². The van der Waals surface area contributed by atoms with Crippen LogP contribution in [0.3, 0.4) is 0 Å². The highest BCUT2D eigenvalue weighted by atomic mass is 79.9. The fourth-order valence-electron chi connectivity index (χ4n) is 3.53. The van der Waals surface area contributed by atoms with Crippen LogP contribution in [0.15, 0.2) is 69.6 Å². The molecule has 2 atom stereocenters. The number of aliphatic carboxylic acids is 1. The van der Waals surface area contributed by atoms with Gasteiger partial charge in [0.15, 0.2) is 5.75 Å². The van der Waals surface area contributed by atoms with Crippen molar-refractivity contribution >= 4 is 43.7 Å². The molecule has 0 aliphatic heterocycles. The number of carboxylic acids is 1. The van der Waals surface area contributed by atoms with Crippen molar-refractivity contribution < 1.29 is 24.5 Å². The van der Waals surface area contributed by atoms with Crippen molar-refractivity contribution in [2.24, 2.45) is 0 Å². The van der Waals surface area contributed by atoms with Crippen LogP contribution in [-0.2, 0) is 11.2 Å². The molecule has 1 fully saturated rings. The summed E-state index contributed by atoms with van der Waals surface area (Å²) in [6.45, 7) is 0. The molecule has 1 aliphatic rings. The van der Waals surface area contributed by atoms with E-state index in [1.807, 2.05) is 30.3 Å². The van der Waals surface area contributed by atoms with Crippen LogP contribution < -0.4 is 10.1 Å². The molecule has 3 aromatic rings. The third kappa shape index (κ3) is 5.14. The molecular formula is C24H19Br2NO5. The molecule has 0 saturated heterocycles. The van der Waals surface area contributed by atoms with Gasteiger partial charge in [-0.15, -0.1) is 0 Å². The number of carbonyl (C=O) groups is 2. The molecule has 6 nitrogen and oxygen atoms in total. The van der Waals surface area contributed by atoms with Crippen molar-refractivity contribution in [3.63, 3.8) is 0 Å². The summed E-state index contributed by atoms with van der Waals surface area (Å²) in [5.74, 6) is -0.374. The largest absolute Gasteiger partial charge is 0.507 e. The van der Waals surface area contributed by atoms with Crippen molar-refractivity contribution in [2.45, 2.75) is 24.8 Å². The van der Waals surface area contributed by atoms with Gasteiger partial charge in [-0.2, -0.15) is 0 Å². The Bertz CT molecular complexity index is 1160. The van der Waals surface area contributed by atoms with Crippen LogP contribution >= 0.6 is 31.9 Å². The van der Waals surface area contributed by atoms with E-state index in [4.69, 9.17) is 9.84 Å². The predicted octanol–water partition coefficient (Wildman–Crippen LogP) is 5.62. The van der Waals surface area contributed by atoms with Gasteiger partial charge in [0.25, 0.3) is 5.91 Å². The lowest BCUT2D eigenvalue weighted by Crippen LogP contribution is -2.26. The fourth-order valence-corrected chi connectivity index (χ4v) is 4.98. The van der Waals surface area contributed by atoms with Crippen LogP contribution in [0, 0.1) is 0 Å². The van der Waals surface area contributed by atoms with E-state index < -0.39 is 5.97 Å². The molecule has 0 radical (unpaired) electrons. The second kappa shape index (κ2) is 9.34. The third-order valence-corrected chi connectivity index (χ3v) is 6.36. The summed E-state index contributed by atoms with van der Waals surface area (Å²) in [6, 6.07) is 17.8. The first-order valence-electron chi connectivity index (χ1n) is 9.88. The maximum Gasteiger partial charge on any atom is 0.307 e. The second-order valence-electron chi connectivity index (χ2n) is 7.57. The molecule has 32 heavy (non-hydrogen) atoms. The number of rotatable bonds is 7. The van der Waals surface area contributed by atoms with Gasteiger partial charge in [0.2, 0.25) is 0 Å².